The Morgan fingerprint density at radius 1 is 0.905 bits per heavy atom. The molecule has 0 aliphatic carbocycles. The van der Waals surface area contributed by atoms with Crippen LogP contribution in [0.5, 0.6) is 17.2 Å². The Morgan fingerprint density at radius 2 is 1.52 bits per heavy atom. The standard InChI is InChI=1S/C16H18FNO3/c1-19-13-8-11(9-14(20-2)16(13)21-3)15(18)10-5-4-6-12(17)7-10/h4-9,15H,18H2,1-3H3. The topological polar surface area (TPSA) is 53.7 Å². The van der Waals surface area contributed by atoms with Crippen molar-refractivity contribution < 1.29 is 18.6 Å². The molecular weight excluding hydrogens is 273 g/mol. The van der Waals surface area contributed by atoms with Crippen LogP contribution in [0.15, 0.2) is 36.4 Å². The molecule has 0 bridgehead atoms. The van der Waals surface area contributed by atoms with Crippen LogP contribution in [-0.2, 0) is 0 Å². The van der Waals surface area contributed by atoms with Gasteiger partial charge in [-0.2, -0.15) is 0 Å². The minimum Gasteiger partial charge on any atom is -0.493 e. The van der Waals surface area contributed by atoms with Gasteiger partial charge in [0, 0.05) is 0 Å². The summed E-state index contributed by atoms with van der Waals surface area (Å²) in [5.41, 5.74) is 7.62. The monoisotopic (exact) mass is 291 g/mol. The van der Waals surface area contributed by atoms with Gasteiger partial charge in [-0.3, -0.25) is 0 Å². The van der Waals surface area contributed by atoms with E-state index in [9.17, 15) is 4.39 Å². The third kappa shape index (κ3) is 3.08. The van der Waals surface area contributed by atoms with E-state index in [4.69, 9.17) is 19.9 Å². The fourth-order valence-electron chi connectivity index (χ4n) is 2.17. The van der Waals surface area contributed by atoms with Gasteiger partial charge in [0.2, 0.25) is 5.75 Å². The molecular formula is C16H18FNO3. The summed E-state index contributed by atoms with van der Waals surface area (Å²) in [6.45, 7) is 0. The van der Waals surface area contributed by atoms with Crippen LogP contribution in [0.1, 0.15) is 17.2 Å². The summed E-state index contributed by atoms with van der Waals surface area (Å²) in [6, 6.07) is 9.22. The normalized spacial score (nSPS) is 11.9. The molecule has 1 atom stereocenters. The van der Waals surface area contributed by atoms with E-state index in [1.165, 1.54) is 33.5 Å². The van der Waals surface area contributed by atoms with Crippen molar-refractivity contribution in [3.8, 4) is 17.2 Å². The quantitative estimate of drug-likeness (QED) is 0.920. The summed E-state index contributed by atoms with van der Waals surface area (Å²) >= 11 is 0. The van der Waals surface area contributed by atoms with Crippen LogP contribution in [0.4, 0.5) is 4.39 Å². The zero-order valence-corrected chi connectivity index (χ0v) is 12.2. The highest BCUT2D eigenvalue weighted by atomic mass is 19.1. The molecule has 2 N–H and O–H groups in total. The van der Waals surface area contributed by atoms with Crippen LogP contribution in [-0.4, -0.2) is 21.3 Å². The summed E-state index contributed by atoms with van der Waals surface area (Å²) < 4.78 is 29.2. The Balaban J connectivity index is 2.48. The molecule has 0 radical (unpaired) electrons. The number of rotatable bonds is 5. The minimum absolute atomic E-state index is 0.324. The van der Waals surface area contributed by atoms with E-state index in [1.807, 2.05) is 0 Å². The first-order chi connectivity index (χ1) is 10.1. The first-order valence-corrected chi connectivity index (χ1v) is 6.41. The van der Waals surface area contributed by atoms with Crippen molar-refractivity contribution in [1.29, 1.82) is 0 Å². The first kappa shape index (κ1) is 15.1. The van der Waals surface area contributed by atoms with Crippen molar-refractivity contribution in [2.24, 2.45) is 5.73 Å². The Bertz CT molecular complexity index is 606. The van der Waals surface area contributed by atoms with Crippen LogP contribution in [0, 0.1) is 5.82 Å². The van der Waals surface area contributed by atoms with Gasteiger partial charge in [-0.1, -0.05) is 12.1 Å². The predicted molar refractivity (Wildman–Crippen MR) is 78.5 cm³/mol. The SMILES string of the molecule is COc1cc(C(N)c2cccc(F)c2)cc(OC)c1OC. The molecule has 0 saturated heterocycles. The molecule has 21 heavy (non-hydrogen) atoms. The average molecular weight is 291 g/mol. The van der Waals surface area contributed by atoms with Crippen molar-refractivity contribution in [1.82, 2.24) is 0 Å². The van der Waals surface area contributed by atoms with Gasteiger partial charge in [0.15, 0.2) is 11.5 Å². The predicted octanol–water partition coefficient (Wildman–Crippen LogP) is 2.90. The van der Waals surface area contributed by atoms with Gasteiger partial charge in [0.25, 0.3) is 0 Å². The third-order valence-corrected chi connectivity index (χ3v) is 3.25. The van der Waals surface area contributed by atoms with Gasteiger partial charge < -0.3 is 19.9 Å². The Morgan fingerprint density at radius 3 is 2.00 bits per heavy atom. The number of hydrogen-bond donors (Lipinski definition) is 1. The van der Waals surface area contributed by atoms with Gasteiger partial charge in [0.05, 0.1) is 27.4 Å². The van der Waals surface area contributed by atoms with Crippen LogP contribution < -0.4 is 19.9 Å². The Hall–Kier alpha value is -2.27. The summed E-state index contributed by atoms with van der Waals surface area (Å²) in [4.78, 5) is 0. The Labute approximate surface area is 123 Å². The fourth-order valence-corrected chi connectivity index (χ4v) is 2.17. The van der Waals surface area contributed by atoms with E-state index in [1.54, 1.807) is 24.3 Å². The molecule has 0 amide bonds. The molecule has 0 heterocycles. The molecule has 0 fully saturated rings. The van der Waals surface area contributed by atoms with E-state index in [-0.39, 0.29) is 5.82 Å². The molecule has 0 aliphatic rings. The molecule has 112 valence electrons. The Kier molecular flexibility index (Phi) is 4.65. The van der Waals surface area contributed by atoms with E-state index in [0.29, 0.717) is 22.8 Å². The van der Waals surface area contributed by atoms with E-state index >= 15 is 0 Å². The minimum atomic E-state index is -0.491. The van der Waals surface area contributed by atoms with Gasteiger partial charge >= 0.3 is 0 Å². The zero-order chi connectivity index (χ0) is 15.4. The molecule has 2 aromatic carbocycles. The van der Waals surface area contributed by atoms with Crippen molar-refractivity contribution in [2.75, 3.05) is 21.3 Å². The van der Waals surface area contributed by atoms with Crippen molar-refractivity contribution in [2.45, 2.75) is 6.04 Å². The average Bonchev–Trinajstić information content (AvgIpc) is 2.52. The van der Waals surface area contributed by atoms with Gasteiger partial charge in [0.1, 0.15) is 5.82 Å². The lowest BCUT2D eigenvalue weighted by molar-refractivity contribution is 0.323. The molecule has 0 aromatic heterocycles. The zero-order valence-electron chi connectivity index (χ0n) is 12.2. The summed E-state index contributed by atoms with van der Waals surface area (Å²) in [5, 5.41) is 0. The van der Waals surface area contributed by atoms with Gasteiger partial charge in [-0.05, 0) is 35.4 Å². The second-order valence-corrected chi connectivity index (χ2v) is 4.49. The lowest BCUT2D eigenvalue weighted by Gasteiger charge is -2.18. The van der Waals surface area contributed by atoms with Gasteiger partial charge in [-0.15, -0.1) is 0 Å². The molecule has 4 nitrogen and oxygen atoms in total. The van der Waals surface area contributed by atoms with E-state index in [0.717, 1.165) is 5.56 Å². The second-order valence-electron chi connectivity index (χ2n) is 4.49. The summed E-state index contributed by atoms with van der Waals surface area (Å²) in [7, 11) is 4.61. The summed E-state index contributed by atoms with van der Waals surface area (Å²) in [5.74, 6) is 1.20. The highest BCUT2D eigenvalue weighted by Crippen LogP contribution is 2.40. The smallest absolute Gasteiger partial charge is 0.203 e. The largest absolute Gasteiger partial charge is 0.493 e. The number of ether oxygens (including phenoxy) is 3. The molecule has 5 heteroatoms. The molecule has 2 aromatic rings. The molecule has 0 aliphatic heterocycles. The lowest BCUT2D eigenvalue weighted by atomic mass is 9.98. The third-order valence-electron chi connectivity index (χ3n) is 3.25. The van der Waals surface area contributed by atoms with E-state index in [2.05, 4.69) is 0 Å². The fraction of sp³-hybridized carbons (Fsp3) is 0.250. The van der Waals surface area contributed by atoms with Crippen molar-refractivity contribution >= 4 is 0 Å². The second kappa shape index (κ2) is 6.45. The molecule has 0 spiro atoms. The maximum atomic E-state index is 13.3. The van der Waals surface area contributed by atoms with Crippen LogP contribution >= 0.6 is 0 Å². The van der Waals surface area contributed by atoms with Gasteiger partial charge in [-0.25, -0.2) is 4.39 Å². The molecule has 0 saturated carbocycles. The number of benzene rings is 2. The highest BCUT2D eigenvalue weighted by Gasteiger charge is 2.17. The maximum absolute atomic E-state index is 13.3. The van der Waals surface area contributed by atoms with Crippen LogP contribution in [0.2, 0.25) is 0 Å². The van der Waals surface area contributed by atoms with Crippen LogP contribution in [0.25, 0.3) is 0 Å². The number of methoxy groups -OCH3 is 3. The lowest BCUT2D eigenvalue weighted by Crippen LogP contribution is -2.12. The maximum Gasteiger partial charge on any atom is 0.203 e. The number of nitrogens with two attached hydrogens (primary N) is 1. The number of halogens is 1. The molecule has 2 rings (SSSR count). The number of hydrogen-bond acceptors (Lipinski definition) is 4. The molecule has 1 unspecified atom stereocenters. The highest BCUT2D eigenvalue weighted by molar-refractivity contribution is 5.55. The van der Waals surface area contributed by atoms with Crippen molar-refractivity contribution in [3.05, 3.63) is 53.3 Å². The summed E-state index contributed by atoms with van der Waals surface area (Å²) in [6.07, 6.45) is 0. The van der Waals surface area contributed by atoms with Crippen LogP contribution in [0.3, 0.4) is 0 Å². The van der Waals surface area contributed by atoms with E-state index < -0.39 is 6.04 Å². The van der Waals surface area contributed by atoms with Crippen molar-refractivity contribution in [3.63, 3.8) is 0 Å². The first-order valence-electron chi connectivity index (χ1n) is 6.41.